The normalized spacial score (nSPS) is 12.5. The zero-order chi connectivity index (χ0) is 10.7. The van der Waals surface area contributed by atoms with Crippen molar-refractivity contribution in [2.24, 2.45) is 0 Å². The van der Waals surface area contributed by atoms with Gasteiger partial charge in [0.05, 0.1) is 12.5 Å². The average molecular weight is 281 g/mol. The van der Waals surface area contributed by atoms with E-state index in [1.807, 2.05) is 0 Å². The molecule has 0 aliphatic carbocycles. The molecule has 1 heterocycles. The van der Waals surface area contributed by atoms with E-state index in [2.05, 4.69) is 20.9 Å². The summed E-state index contributed by atoms with van der Waals surface area (Å²) in [5.74, 6) is -1.09. The molecule has 0 spiro atoms. The lowest BCUT2D eigenvalue weighted by Gasteiger charge is -2.09. The number of aliphatic carboxylic acids is 1. The van der Waals surface area contributed by atoms with Crippen molar-refractivity contribution < 1.29 is 15.0 Å². The molecule has 0 saturated heterocycles. The van der Waals surface area contributed by atoms with Crippen LogP contribution in [0.15, 0.2) is 16.7 Å². The Bertz CT molecular complexity index is 358. The van der Waals surface area contributed by atoms with Crippen molar-refractivity contribution in [3.63, 3.8) is 0 Å². The van der Waals surface area contributed by atoms with Crippen LogP contribution in [-0.2, 0) is 4.79 Å². The Morgan fingerprint density at radius 2 is 2.36 bits per heavy atom. The van der Waals surface area contributed by atoms with E-state index in [1.165, 1.54) is 6.20 Å². The van der Waals surface area contributed by atoms with Crippen molar-refractivity contribution in [1.82, 2.24) is 4.98 Å². The molecule has 2 N–H and O–H groups in total. The number of pyridine rings is 1. The monoisotopic (exact) mass is 279 g/mol. The highest BCUT2D eigenvalue weighted by molar-refractivity contribution is 9.10. The first-order valence-electron chi connectivity index (χ1n) is 3.71. The van der Waals surface area contributed by atoms with Crippen LogP contribution < -0.4 is 0 Å². The molecule has 0 aliphatic rings. The summed E-state index contributed by atoms with van der Waals surface area (Å²) in [5, 5.41) is 18.1. The molecule has 0 bridgehead atoms. The lowest BCUT2D eigenvalue weighted by molar-refractivity contribution is -0.139. The molecule has 0 saturated carbocycles. The number of carbonyl (C=O) groups is 1. The van der Waals surface area contributed by atoms with Crippen molar-refractivity contribution in [3.05, 3.63) is 27.5 Å². The van der Waals surface area contributed by atoms with Gasteiger partial charge in [0.2, 0.25) is 0 Å². The van der Waals surface area contributed by atoms with Crippen molar-refractivity contribution in [2.75, 3.05) is 0 Å². The number of aliphatic hydroxyl groups excluding tert-OH is 1. The van der Waals surface area contributed by atoms with E-state index < -0.39 is 18.5 Å². The van der Waals surface area contributed by atoms with Gasteiger partial charge in [0.1, 0.15) is 5.15 Å². The number of rotatable bonds is 3. The van der Waals surface area contributed by atoms with E-state index in [0.29, 0.717) is 10.0 Å². The second-order valence-corrected chi connectivity index (χ2v) is 3.92. The van der Waals surface area contributed by atoms with Crippen molar-refractivity contribution >= 4 is 33.5 Å². The predicted octanol–water partition coefficient (Wildman–Crippen LogP) is 2.01. The van der Waals surface area contributed by atoms with Crippen LogP contribution in [-0.4, -0.2) is 21.2 Å². The number of hydrogen-bond donors (Lipinski definition) is 2. The maximum absolute atomic E-state index is 10.3. The average Bonchev–Trinajstić information content (AvgIpc) is 2.08. The molecule has 6 heteroatoms. The van der Waals surface area contributed by atoms with Gasteiger partial charge < -0.3 is 10.2 Å². The fraction of sp³-hybridized carbons (Fsp3) is 0.250. The molecule has 0 amide bonds. The third-order valence-electron chi connectivity index (χ3n) is 1.56. The highest BCUT2D eigenvalue weighted by Gasteiger charge is 2.16. The van der Waals surface area contributed by atoms with Gasteiger partial charge in [-0.2, -0.15) is 0 Å². The van der Waals surface area contributed by atoms with Crippen LogP contribution in [0.5, 0.6) is 0 Å². The predicted molar refractivity (Wildman–Crippen MR) is 54.2 cm³/mol. The highest BCUT2D eigenvalue weighted by atomic mass is 79.9. The zero-order valence-corrected chi connectivity index (χ0v) is 9.29. The van der Waals surface area contributed by atoms with Gasteiger partial charge in [-0.15, -0.1) is 0 Å². The van der Waals surface area contributed by atoms with Crippen molar-refractivity contribution in [3.8, 4) is 0 Å². The van der Waals surface area contributed by atoms with Crippen LogP contribution in [0.3, 0.4) is 0 Å². The molecule has 0 radical (unpaired) electrons. The van der Waals surface area contributed by atoms with Gasteiger partial charge in [-0.1, -0.05) is 11.6 Å². The largest absolute Gasteiger partial charge is 0.481 e. The number of carboxylic acid groups (broad SMARTS) is 1. The summed E-state index contributed by atoms with van der Waals surface area (Å²) in [6, 6.07) is 1.54. The first-order valence-corrected chi connectivity index (χ1v) is 4.88. The number of aliphatic hydroxyl groups is 1. The summed E-state index contributed by atoms with van der Waals surface area (Å²) in [7, 11) is 0. The maximum atomic E-state index is 10.3. The molecule has 1 atom stereocenters. The minimum Gasteiger partial charge on any atom is -0.481 e. The van der Waals surface area contributed by atoms with Gasteiger partial charge in [-0.3, -0.25) is 4.79 Å². The van der Waals surface area contributed by atoms with Crippen molar-refractivity contribution in [2.45, 2.75) is 12.5 Å². The van der Waals surface area contributed by atoms with Crippen LogP contribution >= 0.6 is 27.5 Å². The van der Waals surface area contributed by atoms with Gasteiger partial charge >= 0.3 is 5.97 Å². The first-order chi connectivity index (χ1) is 6.50. The van der Waals surface area contributed by atoms with Gasteiger partial charge in [-0.05, 0) is 22.0 Å². The van der Waals surface area contributed by atoms with E-state index in [1.54, 1.807) is 6.07 Å². The van der Waals surface area contributed by atoms with E-state index >= 15 is 0 Å². The highest BCUT2D eigenvalue weighted by Crippen LogP contribution is 2.26. The Morgan fingerprint density at radius 3 is 2.93 bits per heavy atom. The quantitative estimate of drug-likeness (QED) is 0.831. The number of carboxylic acids is 1. The maximum Gasteiger partial charge on any atom is 0.306 e. The van der Waals surface area contributed by atoms with E-state index in [0.717, 1.165) is 0 Å². The van der Waals surface area contributed by atoms with Crippen molar-refractivity contribution in [1.29, 1.82) is 0 Å². The molecule has 76 valence electrons. The van der Waals surface area contributed by atoms with Crippen LogP contribution in [0.1, 0.15) is 18.1 Å². The SMILES string of the molecule is O=C(O)CC(O)c1cc(Br)cnc1Cl. The fourth-order valence-corrected chi connectivity index (χ4v) is 1.53. The van der Waals surface area contributed by atoms with Gasteiger partial charge in [0.15, 0.2) is 0 Å². The summed E-state index contributed by atoms with van der Waals surface area (Å²) in [4.78, 5) is 14.1. The lowest BCUT2D eigenvalue weighted by Crippen LogP contribution is -2.06. The minimum atomic E-state index is -1.13. The molecule has 0 aliphatic heterocycles. The second kappa shape index (κ2) is 4.72. The number of aromatic nitrogens is 1. The summed E-state index contributed by atoms with van der Waals surface area (Å²) in [6.07, 6.45) is -0.0537. The Labute approximate surface area is 93.7 Å². The molecule has 14 heavy (non-hydrogen) atoms. The molecular weight excluding hydrogens is 273 g/mol. The Hall–Kier alpha value is -0.650. The second-order valence-electron chi connectivity index (χ2n) is 2.65. The first kappa shape index (κ1) is 11.4. The molecule has 1 aromatic heterocycles. The van der Waals surface area contributed by atoms with Gasteiger partial charge in [0.25, 0.3) is 0 Å². The van der Waals surface area contributed by atoms with E-state index in [4.69, 9.17) is 16.7 Å². The standard InChI is InChI=1S/C8H7BrClNO3/c9-4-1-5(8(10)11-3-4)6(12)2-7(13)14/h1,3,6,12H,2H2,(H,13,14). The number of hydrogen-bond acceptors (Lipinski definition) is 3. The molecule has 1 rings (SSSR count). The van der Waals surface area contributed by atoms with E-state index in [-0.39, 0.29) is 5.15 Å². The number of halogens is 2. The van der Waals surface area contributed by atoms with Crippen LogP contribution in [0.4, 0.5) is 0 Å². The van der Waals surface area contributed by atoms with Crippen LogP contribution in [0.25, 0.3) is 0 Å². The minimum absolute atomic E-state index is 0.113. The topological polar surface area (TPSA) is 70.4 Å². The molecule has 1 unspecified atom stereocenters. The third kappa shape index (κ3) is 2.94. The molecular formula is C8H7BrClNO3. The molecule has 0 fully saturated rings. The fourth-order valence-electron chi connectivity index (χ4n) is 0.947. The Balaban J connectivity index is 2.93. The summed E-state index contributed by atoms with van der Waals surface area (Å²) < 4.78 is 0.640. The number of nitrogens with zero attached hydrogens (tertiary/aromatic N) is 1. The molecule has 0 aromatic carbocycles. The van der Waals surface area contributed by atoms with Crippen LogP contribution in [0, 0.1) is 0 Å². The smallest absolute Gasteiger partial charge is 0.306 e. The van der Waals surface area contributed by atoms with E-state index in [9.17, 15) is 9.90 Å². The van der Waals surface area contributed by atoms with Gasteiger partial charge in [0, 0.05) is 16.2 Å². The summed E-state index contributed by atoms with van der Waals surface area (Å²) >= 11 is 8.84. The molecule has 1 aromatic rings. The third-order valence-corrected chi connectivity index (χ3v) is 2.31. The molecule has 4 nitrogen and oxygen atoms in total. The summed E-state index contributed by atoms with van der Waals surface area (Å²) in [5.41, 5.74) is 0.309. The zero-order valence-electron chi connectivity index (χ0n) is 6.94. The van der Waals surface area contributed by atoms with Crippen LogP contribution in [0.2, 0.25) is 5.15 Å². The Morgan fingerprint density at radius 1 is 1.71 bits per heavy atom. The lowest BCUT2D eigenvalue weighted by atomic mass is 10.1. The summed E-state index contributed by atoms with van der Waals surface area (Å²) in [6.45, 7) is 0. The van der Waals surface area contributed by atoms with Gasteiger partial charge in [-0.25, -0.2) is 4.98 Å². The Kier molecular flexibility index (Phi) is 3.86.